The van der Waals surface area contributed by atoms with Gasteiger partial charge in [-0.2, -0.15) is 13.2 Å². The molecule has 1 fully saturated rings. The summed E-state index contributed by atoms with van der Waals surface area (Å²) in [4.78, 5) is 19.9. The van der Waals surface area contributed by atoms with Gasteiger partial charge in [0.05, 0.1) is 18.3 Å². The number of primary amides is 1. The molecule has 0 radical (unpaired) electrons. The quantitative estimate of drug-likeness (QED) is 0.808. The Hall–Kier alpha value is -2.10. The molecular formula is C18H18ClF3N4O2. The number of benzene rings is 1. The number of aromatic amines is 1. The van der Waals surface area contributed by atoms with Crippen LogP contribution in [0, 0.1) is 0 Å². The van der Waals surface area contributed by atoms with Gasteiger partial charge in [-0.15, -0.1) is 0 Å². The molecule has 0 bridgehead atoms. The molecule has 10 heteroatoms. The number of hydrogen-bond donors (Lipinski definition) is 2. The van der Waals surface area contributed by atoms with Gasteiger partial charge in [-0.05, 0) is 36.1 Å². The summed E-state index contributed by atoms with van der Waals surface area (Å²) in [7, 11) is 0. The maximum absolute atomic E-state index is 12.7. The number of likely N-dealkylation sites (tertiary alicyclic amines) is 1. The molecule has 1 spiro atoms. The molecule has 1 amide bonds. The Morgan fingerprint density at radius 2 is 2.11 bits per heavy atom. The van der Waals surface area contributed by atoms with Gasteiger partial charge in [0, 0.05) is 18.1 Å². The van der Waals surface area contributed by atoms with E-state index in [0.29, 0.717) is 31.0 Å². The molecule has 3 heterocycles. The van der Waals surface area contributed by atoms with Crippen molar-refractivity contribution in [2.24, 2.45) is 5.73 Å². The predicted octanol–water partition coefficient (Wildman–Crippen LogP) is 3.13. The Labute approximate surface area is 163 Å². The number of hydrogen-bond acceptors (Lipinski definition) is 4. The van der Waals surface area contributed by atoms with Gasteiger partial charge in [0.25, 0.3) is 5.91 Å². The molecule has 0 saturated carbocycles. The SMILES string of the molecule is NC(=O)C1OC2(CCN(Cc3ncc(C(F)(F)F)[nH]3)CC2)c2cc(Cl)ccc21. The second-order valence-corrected chi connectivity index (χ2v) is 7.58. The van der Waals surface area contributed by atoms with Gasteiger partial charge in [-0.3, -0.25) is 9.69 Å². The minimum absolute atomic E-state index is 0.258. The zero-order chi connectivity index (χ0) is 20.1. The fraction of sp³-hybridized carbons (Fsp3) is 0.444. The first-order valence-corrected chi connectivity index (χ1v) is 9.16. The van der Waals surface area contributed by atoms with Gasteiger partial charge in [0.2, 0.25) is 0 Å². The molecule has 6 nitrogen and oxygen atoms in total. The Morgan fingerprint density at radius 1 is 1.39 bits per heavy atom. The maximum Gasteiger partial charge on any atom is 0.432 e. The van der Waals surface area contributed by atoms with Crippen molar-refractivity contribution >= 4 is 17.5 Å². The van der Waals surface area contributed by atoms with E-state index in [0.717, 1.165) is 17.3 Å². The number of aromatic nitrogens is 2. The highest BCUT2D eigenvalue weighted by Gasteiger charge is 2.48. The van der Waals surface area contributed by atoms with Gasteiger partial charge >= 0.3 is 6.18 Å². The second kappa shape index (κ2) is 6.75. The van der Waals surface area contributed by atoms with E-state index in [1.165, 1.54) is 0 Å². The number of nitrogens with one attached hydrogen (secondary N) is 1. The number of nitrogens with two attached hydrogens (primary N) is 1. The average molecular weight is 415 g/mol. The number of halogens is 4. The van der Waals surface area contributed by atoms with Crippen molar-refractivity contribution in [2.45, 2.75) is 37.3 Å². The van der Waals surface area contributed by atoms with Crippen LogP contribution in [-0.2, 0) is 27.9 Å². The number of imidazole rings is 1. The molecule has 1 unspecified atom stereocenters. The third-order valence-corrected chi connectivity index (χ3v) is 5.60. The maximum atomic E-state index is 12.7. The molecule has 150 valence electrons. The smallest absolute Gasteiger partial charge is 0.367 e. The Morgan fingerprint density at radius 3 is 2.71 bits per heavy atom. The number of ether oxygens (including phenoxy) is 1. The lowest BCUT2D eigenvalue weighted by atomic mass is 9.83. The Bertz CT molecular complexity index is 906. The number of fused-ring (bicyclic) bond motifs is 2. The number of carbonyl (C=O) groups excluding carboxylic acids is 1. The Kier molecular flexibility index (Phi) is 4.64. The number of nitrogens with zero attached hydrogens (tertiary/aromatic N) is 2. The van der Waals surface area contributed by atoms with Crippen LogP contribution >= 0.6 is 11.6 Å². The van der Waals surface area contributed by atoms with E-state index >= 15 is 0 Å². The predicted molar refractivity (Wildman–Crippen MR) is 94.3 cm³/mol. The monoisotopic (exact) mass is 414 g/mol. The summed E-state index contributed by atoms with van der Waals surface area (Å²) in [5, 5.41) is 0.546. The average Bonchev–Trinajstić information content (AvgIpc) is 3.21. The van der Waals surface area contributed by atoms with Gasteiger partial charge in [-0.1, -0.05) is 17.7 Å². The molecule has 2 aliphatic rings. The van der Waals surface area contributed by atoms with E-state index in [1.54, 1.807) is 18.2 Å². The lowest BCUT2D eigenvalue weighted by Gasteiger charge is -2.39. The zero-order valence-electron chi connectivity index (χ0n) is 14.7. The van der Waals surface area contributed by atoms with Gasteiger partial charge in [0.15, 0.2) is 6.10 Å². The van der Waals surface area contributed by atoms with Crippen molar-refractivity contribution in [1.29, 1.82) is 0 Å². The Balaban J connectivity index is 1.49. The van der Waals surface area contributed by atoms with Crippen molar-refractivity contribution in [3.8, 4) is 0 Å². The first-order chi connectivity index (χ1) is 13.2. The lowest BCUT2D eigenvalue weighted by molar-refractivity contribution is -0.148. The number of rotatable bonds is 3. The highest BCUT2D eigenvalue weighted by molar-refractivity contribution is 6.30. The number of H-pyrrole nitrogens is 1. The highest BCUT2D eigenvalue weighted by Crippen LogP contribution is 2.50. The van der Waals surface area contributed by atoms with Gasteiger partial charge < -0.3 is 15.5 Å². The number of piperidine rings is 1. The molecule has 0 aliphatic carbocycles. The summed E-state index contributed by atoms with van der Waals surface area (Å²) < 4.78 is 44.2. The van der Waals surface area contributed by atoms with Crippen LogP contribution in [0.4, 0.5) is 13.2 Å². The van der Waals surface area contributed by atoms with Crippen LogP contribution in [0.1, 0.15) is 41.6 Å². The summed E-state index contributed by atoms with van der Waals surface area (Å²) in [6.45, 7) is 1.41. The fourth-order valence-corrected chi connectivity index (χ4v) is 4.15. The summed E-state index contributed by atoms with van der Waals surface area (Å²) in [5.74, 6) is -0.299. The van der Waals surface area contributed by atoms with Crippen LogP contribution < -0.4 is 5.73 Å². The largest absolute Gasteiger partial charge is 0.432 e. The summed E-state index contributed by atoms with van der Waals surface area (Å²) in [6, 6.07) is 5.26. The number of carbonyl (C=O) groups is 1. The van der Waals surface area contributed by atoms with Crippen LogP contribution in [0.2, 0.25) is 5.02 Å². The van der Waals surface area contributed by atoms with Crippen molar-refractivity contribution in [2.75, 3.05) is 13.1 Å². The van der Waals surface area contributed by atoms with E-state index in [2.05, 4.69) is 9.97 Å². The van der Waals surface area contributed by atoms with Crippen LogP contribution in [0.25, 0.3) is 0 Å². The molecule has 3 N–H and O–H groups in total. The normalized spacial score (nSPS) is 21.8. The molecule has 1 saturated heterocycles. The van der Waals surface area contributed by atoms with E-state index in [4.69, 9.17) is 22.1 Å². The van der Waals surface area contributed by atoms with E-state index < -0.39 is 29.5 Å². The van der Waals surface area contributed by atoms with Crippen LogP contribution in [0.3, 0.4) is 0 Å². The van der Waals surface area contributed by atoms with Crippen LogP contribution in [0.5, 0.6) is 0 Å². The van der Waals surface area contributed by atoms with Gasteiger partial charge in [0.1, 0.15) is 11.5 Å². The van der Waals surface area contributed by atoms with E-state index in [9.17, 15) is 18.0 Å². The van der Waals surface area contributed by atoms with Crippen molar-refractivity contribution < 1.29 is 22.7 Å². The van der Waals surface area contributed by atoms with E-state index in [-0.39, 0.29) is 12.4 Å². The summed E-state index contributed by atoms with van der Waals surface area (Å²) in [6.07, 6.45) is -3.33. The van der Waals surface area contributed by atoms with Crippen molar-refractivity contribution in [1.82, 2.24) is 14.9 Å². The molecule has 2 aliphatic heterocycles. The third-order valence-electron chi connectivity index (χ3n) is 5.36. The molecule has 1 aromatic carbocycles. The summed E-state index contributed by atoms with van der Waals surface area (Å²) >= 11 is 6.14. The van der Waals surface area contributed by atoms with Crippen molar-refractivity contribution in [3.63, 3.8) is 0 Å². The molecular weight excluding hydrogens is 397 g/mol. The minimum atomic E-state index is -4.44. The van der Waals surface area contributed by atoms with Crippen LogP contribution in [0.15, 0.2) is 24.4 Å². The zero-order valence-corrected chi connectivity index (χ0v) is 15.5. The van der Waals surface area contributed by atoms with Crippen LogP contribution in [-0.4, -0.2) is 33.9 Å². The molecule has 1 atom stereocenters. The molecule has 4 rings (SSSR count). The first kappa shape index (κ1) is 19.2. The lowest BCUT2D eigenvalue weighted by Crippen LogP contribution is -2.42. The fourth-order valence-electron chi connectivity index (χ4n) is 3.97. The number of amides is 1. The van der Waals surface area contributed by atoms with E-state index in [1.807, 2.05) is 4.90 Å². The minimum Gasteiger partial charge on any atom is -0.367 e. The van der Waals surface area contributed by atoms with Gasteiger partial charge in [-0.25, -0.2) is 4.98 Å². The molecule has 28 heavy (non-hydrogen) atoms. The topological polar surface area (TPSA) is 84.2 Å². The molecule has 1 aromatic heterocycles. The third kappa shape index (κ3) is 3.38. The first-order valence-electron chi connectivity index (χ1n) is 8.78. The van der Waals surface area contributed by atoms with Crippen molar-refractivity contribution in [3.05, 3.63) is 52.1 Å². The number of alkyl halides is 3. The summed E-state index contributed by atoms with van der Waals surface area (Å²) in [5.41, 5.74) is 5.56. The standard InChI is InChI=1S/C18H18ClF3N4O2/c19-10-1-2-11-12(7-10)17(28-15(11)16(23)27)3-5-26(6-4-17)9-14-24-8-13(25-14)18(20,21)22/h1-2,7-8,15H,3-6,9H2,(H2,23,27)(H,24,25). The highest BCUT2D eigenvalue weighted by atomic mass is 35.5. The second-order valence-electron chi connectivity index (χ2n) is 7.14. The molecule has 2 aromatic rings.